The molecule has 1 fully saturated rings. The van der Waals surface area contributed by atoms with Gasteiger partial charge in [-0.05, 0) is 23.8 Å². The lowest BCUT2D eigenvalue weighted by Gasteiger charge is -2.38. The van der Waals surface area contributed by atoms with Crippen molar-refractivity contribution in [2.75, 3.05) is 6.61 Å². The summed E-state index contributed by atoms with van der Waals surface area (Å²) in [5.74, 6) is -0.756. The third-order valence-corrected chi connectivity index (χ3v) is 3.39. The van der Waals surface area contributed by atoms with Crippen LogP contribution in [0, 0.1) is 0 Å². The molecule has 23 heavy (non-hydrogen) atoms. The van der Waals surface area contributed by atoms with E-state index in [1.807, 2.05) is 0 Å². The molecule has 8 nitrogen and oxygen atoms in total. The molecule has 0 aromatic heterocycles. The molecular formula is C15H18O8. The van der Waals surface area contributed by atoms with Crippen molar-refractivity contribution in [1.29, 1.82) is 0 Å². The van der Waals surface area contributed by atoms with Gasteiger partial charge in [-0.1, -0.05) is 12.1 Å². The van der Waals surface area contributed by atoms with E-state index in [0.717, 1.165) is 6.08 Å². The third kappa shape index (κ3) is 4.27. The summed E-state index contributed by atoms with van der Waals surface area (Å²) in [5, 5.41) is 47.1. The highest BCUT2D eigenvalue weighted by Gasteiger charge is 2.45. The first kappa shape index (κ1) is 17.4. The molecule has 8 heteroatoms. The van der Waals surface area contributed by atoms with Gasteiger partial charge >= 0.3 is 5.97 Å². The lowest BCUT2D eigenvalue weighted by molar-refractivity contribution is -0.291. The van der Waals surface area contributed by atoms with Crippen molar-refractivity contribution in [2.24, 2.45) is 0 Å². The number of benzene rings is 1. The zero-order valence-electron chi connectivity index (χ0n) is 12.0. The molecule has 0 amide bonds. The van der Waals surface area contributed by atoms with Crippen LogP contribution in [0.25, 0.3) is 6.08 Å². The predicted molar refractivity (Wildman–Crippen MR) is 77.0 cm³/mol. The number of carbonyl (C=O) groups excluding carboxylic acids is 1. The number of ether oxygens (including phenoxy) is 2. The van der Waals surface area contributed by atoms with Gasteiger partial charge in [-0.2, -0.15) is 0 Å². The van der Waals surface area contributed by atoms with Crippen LogP contribution in [-0.2, 0) is 14.3 Å². The van der Waals surface area contributed by atoms with Crippen LogP contribution >= 0.6 is 0 Å². The first-order valence-corrected chi connectivity index (χ1v) is 6.90. The molecule has 1 aliphatic rings. The summed E-state index contributed by atoms with van der Waals surface area (Å²) in [6.07, 6.45) is -4.93. The number of phenols is 1. The van der Waals surface area contributed by atoms with Crippen LogP contribution in [0.4, 0.5) is 0 Å². The molecule has 5 N–H and O–H groups in total. The predicted octanol–water partition coefficient (Wildman–Crippen LogP) is -1.25. The molecule has 1 heterocycles. The fraction of sp³-hybridized carbons (Fsp3) is 0.400. The average molecular weight is 326 g/mol. The molecule has 0 bridgehead atoms. The summed E-state index contributed by atoms with van der Waals surface area (Å²) in [6, 6.07) is 6.05. The van der Waals surface area contributed by atoms with Crippen molar-refractivity contribution < 1.29 is 39.8 Å². The summed E-state index contributed by atoms with van der Waals surface area (Å²) >= 11 is 0. The van der Waals surface area contributed by atoms with Gasteiger partial charge < -0.3 is 35.0 Å². The monoisotopic (exact) mass is 326 g/mol. The smallest absolute Gasteiger partial charge is 0.333 e. The number of phenolic OH excluding ortho intramolecular Hbond substituents is 1. The van der Waals surface area contributed by atoms with Crippen LogP contribution in [0.5, 0.6) is 5.75 Å². The van der Waals surface area contributed by atoms with Gasteiger partial charge in [-0.3, -0.25) is 0 Å². The lowest BCUT2D eigenvalue weighted by atomic mass is 9.99. The van der Waals surface area contributed by atoms with Gasteiger partial charge in [0.1, 0.15) is 30.2 Å². The molecule has 0 spiro atoms. The number of aromatic hydroxyl groups is 1. The molecule has 0 unspecified atom stereocenters. The lowest BCUT2D eigenvalue weighted by Crippen LogP contribution is -2.59. The average Bonchev–Trinajstić information content (AvgIpc) is 2.55. The van der Waals surface area contributed by atoms with Crippen molar-refractivity contribution >= 4 is 12.0 Å². The number of hydrogen-bond acceptors (Lipinski definition) is 8. The largest absolute Gasteiger partial charge is 0.508 e. The van der Waals surface area contributed by atoms with Gasteiger partial charge in [-0.25, -0.2) is 4.79 Å². The molecule has 126 valence electrons. The van der Waals surface area contributed by atoms with E-state index >= 15 is 0 Å². The molecule has 0 aliphatic carbocycles. The molecule has 1 aromatic carbocycles. The molecule has 0 radical (unpaired) electrons. The van der Waals surface area contributed by atoms with E-state index in [1.165, 1.54) is 18.2 Å². The van der Waals surface area contributed by atoms with Crippen molar-refractivity contribution in [2.45, 2.75) is 30.7 Å². The van der Waals surface area contributed by atoms with E-state index in [1.54, 1.807) is 12.1 Å². The normalized spacial score (nSPS) is 31.2. The Kier molecular flexibility index (Phi) is 5.69. The Morgan fingerprint density at radius 1 is 1.13 bits per heavy atom. The van der Waals surface area contributed by atoms with Gasteiger partial charge in [0.25, 0.3) is 0 Å². The first-order valence-electron chi connectivity index (χ1n) is 6.90. The van der Waals surface area contributed by atoms with Crippen LogP contribution in [0.2, 0.25) is 0 Å². The minimum Gasteiger partial charge on any atom is -0.508 e. The molecule has 1 aromatic rings. The van der Waals surface area contributed by atoms with E-state index in [9.17, 15) is 20.1 Å². The molecule has 2 rings (SSSR count). The Morgan fingerprint density at radius 3 is 2.39 bits per heavy atom. The number of rotatable bonds is 4. The zero-order chi connectivity index (χ0) is 17.0. The van der Waals surface area contributed by atoms with Gasteiger partial charge in [0.2, 0.25) is 6.29 Å². The van der Waals surface area contributed by atoms with Crippen LogP contribution in [0.15, 0.2) is 30.3 Å². The standard InChI is InChI=1S/C15H18O8/c16-7-10-12(19)13(20)14(21)15(22-10)23-11(18)6-3-8-1-4-9(17)5-2-8/h1-6,10,12-17,19-21H,7H2/t10-,12-,13+,14-,15+/m0/s1. The van der Waals surface area contributed by atoms with Gasteiger partial charge in [0.05, 0.1) is 6.61 Å². The van der Waals surface area contributed by atoms with Crippen molar-refractivity contribution in [1.82, 2.24) is 0 Å². The van der Waals surface area contributed by atoms with Crippen LogP contribution in [-0.4, -0.2) is 68.8 Å². The Labute approximate surface area is 131 Å². The highest BCUT2D eigenvalue weighted by Crippen LogP contribution is 2.22. The Bertz CT molecular complexity index is 553. The number of carbonyl (C=O) groups is 1. The number of esters is 1. The second kappa shape index (κ2) is 7.53. The molecular weight excluding hydrogens is 308 g/mol. The highest BCUT2D eigenvalue weighted by molar-refractivity contribution is 5.87. The van der Waals surface area contributed by atoms with Crippen LogP contribution in [0.3, 0.4) is 0 Å². The maximum Gasteiger partial charge on any atom is 0.333 e. The van der Waals surface area contributed by atoms with Gasteiger partial charge in [0, 0.05) is 6.08 Å². The molecule has 5 atom stereocenters. The van der Waals surface area contributed by atoms with Gasteiger partial charge in [0.15, 0.2) is 0 Å². The second-order valence-electron chi connectivity index (χ2n) is 5.06. The second-order valence-corrected chi connectivity index (χ2v) is 5.06. The van der Waals surface area contributed by atoms with E-state index in [0.29, 0.717) is 5.56 Å². The summed E-state index contributed by atoms with van der Waals surface area (Å²) < 4.78 is 9.92. The van der Waals surface area contributed by atoms with E-state index in [-0.39, 0.29) is 5.75 Å². The maximum atomic E-state index is 11.7. The summed E-state index contributed by atoms with van der Waals surface area (Å²) in [5.41, 5.74) is 0.633. The van der Waals surface area contributed by atoms with E-state index < -0.39 is 43.3 Å². The molecule has 1 saturated heterocycles. The van der Waals surface area contributed by atoms with E-state index in [4.69, 9.17) is 19.7 Å². The Hall–Kier alpha value is -1.97. The fourth-order valence-corrected chi connectivity index (χ4v) is 2.07. The third-order valence-electron chi connectivity index (χ3n) is 3.39. The Balaban J connectivity index is 1.97. The highest BCUT2D eigenvalue weighted by atomic mass is 16.7. The number of aliphatic hydroxyl groups is 4. The minimum absolute atomic E-state index is 0.0889. The number of hydrogen-bond donors (Lipinski definition) is 5. The molecule has 0 saturated carbocycles. The topological polar surface area (TPSA) is 137 Å². The van der Waals surface area contributed by atoms with Crippen molar-refractivity contribution in [3.8, 4) is 5.75 Å². The van der Waals surface area contributed by atoms with Crippen molar-refractivity contribution in [3.63, 3.8) is 0 Å². The van der Waals surface area contributed by atoms with Crippen molar-refractivity contribution in [3.05, 3.63) is 35.9 Å². The zero-order valence-corrected chi connectivity index (χ0v) is 12.0. The Morgan fingerprint density at radius 2 is 1.78 bits per heavy atom. The van der Waals surface area contributed by atoms with Gasteiger partial charge in [-0.15, -0.1) is 0 Å². The molecule has 1 aliphatic heterocycles. The fourth-order valence-electron chi connectivity index (χ4n) is 2.07. The van der Waals surface area contributed by atoms with Crippen LogP contribution < -0.4 is 0 Å². The van der Waals surface area contributed by atoms with E-state index in [2.05, 4.69) is 0 Å². The maximum absolute atomic E-state index is 11.7. The quantitative estimate of drug-likeness (QED) is 0.342. The summed E-state index contributed by atoms with van der Waals surface area (Å²) in [4.78, 5) is 11.7. The number of aliphatic hydroxyl groups excluding tert-OH is 4. The summed E-state index contributed by atoms with van der Waals surface area (Å²) in [7, 11) is 0. The first-order chi connectivity index (χ1) is 10.9. The van der Waals surface area contributed by atoms with Crippen LogP contribution in [0.1, 0.15) is 5.56 Å². The minimum atomic E-state index is -1.64. The summed E-state index contributed by atoms with van der Waals surface area (Å²) in [6.45, 7) is -0.609. The SMILES string of the molecule is O=C(C=Cc1ccc(O)cc1)O[C@H]1O[C@@H](CO)[C@H](O)[C@@H](O)[C@@H]1O.